The van der Waals surface area contributed by atoms with Crippen LogP contribution in [0.2, 0.25) is 5.15 Å². The summed E-state index contributed by atoms with van der Waals surface area (Å²) in [6.07, 6.45) is 1.48. The minimum atomic E-state index is -0.536. The molecule has 0 aliphatic carbocycles. The fraction of sp³-hybridized carbons (Fsp3) is 0.111. The summed E-state index contributed by atoms with van der Waals surface area (Å²) >= 11 is 5.67. The van der Waals surface area contributed by atoms with Gasteiger partial charge in [-0.1, -0.05) is 16.8 Å². The van der Waals surface area contributed by atoms with Crippen molar-refractivity contribution in [3.05, 3.63) is 45.4 Å². The molecular weight excluding hydrogens is 248 g/mol. The Balaban J connectivity index is 2.19. The lowest BCUT2D eigenvalue weighted by atomic mass is 10.3. The lowest BCUT2D eigenvalue weighted by molar-refractivity contribution is -0.384. The van der Waals surface area contributed by atoms with Crippen molar-refractivity contribution in [1.82, 2.24) is 10.1 Å². The molecule has 88 valence electrons. The first kappa shape index (κ1) is 11.3. The van der Waals surface area contributed by atoms with Gasteiger partial charge in [0.25, 0.3) is 0 Å². The third-order valence-corrected chi connectivity index (χ3v) is 2.17. The zero-order valence-corrected chi connectivity index (χ0v) is 9.22. The molecule has 0 unspecified atom stereocenters. The predicted molar refractivity (Wildman–Crippen MR) is 59.7 cm³/mol. The number of halogens is 1. The largest absolute Gasteiger partial charge is 0.360 e. The van der Waals surface area contributed by atoms with Crippen molar-refractivity contribution in [2.75, 3.05) is 5.32 Å². The predicted octanol–water partition coefficient (Wildman–Crippen LogP) is 2.24. The minimum Gasteiger partial charge on any atom is -0.360 e. The molecule has 0 bridgehead atoms. The SMILES string of the molecule is O=[N+]([O-])c1ccc(Cl)nc1NCc1ccno1. The monoisotopic (exact) mass is 254 g/mol. The number of nitrogens with one attached hydrogen (secondary N) is 1. The van der Waals surface area contributed by atoms with Crippen LogP contribution >= 0.6 is 11.6 Å². The van der Waals surface area contributed by atoms with E-state index in [-0.39, 0.29) is 23.2 Å². The van der Waals surface area contributed by atoms with Crippen LogP contribution in [-0.2, 0) is 6.54 Å². The summed E-state index contributed by atoms with van der Waals surface area (Å²) in [4.78, 5) is 14.0. The molecule has 0 saturated carbocycles. The van der Waals surface area contributed by atoms with Gasteiger partial charge in [0.1, 0.15) is 5.15 Å². The molecule has 0 aliphatic rings. The van der Waals surface area contributed by atoms with Crippen LogP contribution in [0, 0.1) is 10.1 Å². The Morgan fingerprint density at radius 3 is 2.94 bits per heavy atom. The Morgan fingerprint density at radius 2 is 2.29 bits per heavy atom. The lowest BCUT2D eigenvalue weighted by Crippen LogP contribution is -2.04. The van der Waals surface area contributed by atoms with E-state index in [1.807, 2.05) is 0 Å². The van der Waals surface area contributed by atoms with Gasteiger partial charge in [0, 0.05) is 12.1 Å². The Kier molecular flexibility index (Phi) is 3.20. The number of nitrogens with zero attached hydrogens (tertiary/aromatic N) is 3. The van der Waals surface area contributed by atoms with Crippen LogP contribution in [0.4, 0.5) is 11.5 Å². The average molecular weight is 255 g/mol. The van der Waals surface area contributed by atoms with E-state index < -0.39 is 4.92 Å². The van der Waals surface area contributed by atoms with Gasteiger partial charge >= 0.3 is 5.69 Å². The first-order valence-electron chi connectivity index (χ1n) is 4.61. The van der Waals surface area contributed by atoms with Crippen molar-refractivity contribution in [2.45, 2.75) is 6.54 Å². The number of aromatic nitrogens is 2. The molecule has 2 aromatic heterocycles. The second-order valence-electron chi connectivity index (χ2n) is 3.09. The van der Waals surface area contributed by atoms with E-state index in [9.17, 15) is 10.1 Å². The Labute approximate surface area is 101 Å². The normalized spacial score (nSPS) is 10.2. The maximum Gasteiger partial charge on any atom is 0.311 e. The van der Waals surface area contributed by atoms with Crippen LogP contribution in [0.15, 0.2) is 28.9 Å². The second-order valence-corrected chi connectivity index (χ2v) is 3.48. The van der Waals surface area contributed by atoms with Crippen molar-refractivity contribution >= 4 is 23.1 Å². The highest BCUT2D eigenvalue weighted by molar-refractivity contribution is 6.29. The first-order valence-corrected chi connectivity index (χ1v) is 4.99. The molecule has 2 rings (SSSR count). The summed E-state index contributed by atoms with van der Waals surface area (Å²) in [5, 5.41) is 17.2. The summed E-state index contributed by atoms with van der Waals surface area (Å²) in [5.74, 6) is 0.639. The summed E-state index contributed by atoms with van der Waals surface area (Å²) in [6.45, 7) is 0.244. The van der Waals surface area contributed by atoms with Crippen LogP contribution in [0.25, 0.3) is 0 Å². The molecule has 2 aromatic rings. The van der Waals surface area contributed by atoms with Crippen molar-refractivity contribution in [3.8, 4) is 0 Å². The third kappa shape index (κ3) is 2.70. The lowest BCUT2D eigenvalue weighted by Gasteiger charge is -2.03. The van der Waals surface area contributed by atoms with Crippen molar-refractivity contribution in [3.63, 3.8) is 0 Å². The van der Waals surface area contributed by atoms with Gasteiger partial charge in [0.15, 0.2) is 5.76 Å². The van der Waals surface area contributed by atoms with E-state index >= 15 is 0 Å². The zero-order chi connectivity index (χ0) is 12.3. The van der Waals surface area contributed by atoms with E-state index in [2.05, 4.69) is 15.5 Å². The van der Waals surface area contributed by atoms with E-state index in [0.717, 1.165) is 0 Å². The number of pyridine rings is 1. The second kappa shape index (κ2) is 4.79. The van der Waals surface area contributed by atoms with Gasteiger partial charge in [0.2, 0.25) is 5.82 Å². The van der Waals surface area contributed by atoms with Gasteiger partial charge in [-0.3, -0.25) is 10.1 Å². The van der Waals surface area contributed by atoms with Gasteiger partial charge in [-0.05, 0) is 6.07 Å². The summed E-state index contributed by atoms with van der Waals surface area (Å²) < 4.78 is 4.84. The number of anilines is 1. The number of hydrogen-bond acceptors (Lipinski definition) is 6. The average Bonchev–Trinajstić information content (AvgIpc) is 2.78. The molecule has 0 aliphatic heterocycles. The molecule has 0 saturated heterocycles. The van der Waals surface area contributed by atoms with Gasteiger partial charge in [0.05, 0.1) is 17.7 Å². The highest BCUT2D eigenvalue weighted by Gasteiger charge is 2.15. The van der Waals surface area contributed by atoms with E-state index in [1.54, 1.807) is 6.07 Å². The Morgan fingerprint density at radius 1 is 1.47 bits per heavy atom. The van der Waals surface area contributed by atoms with Gasteiger partial charge < -0.3 is 9.84 Å². The van der Waals surface area contributed by atoms with E-state index in [0.29, 0.717) is 5.76 Å². The van der Waals surface area contributed by atoms with Crippen molar-refractivity contribution in [1.29, 1.82) is 0 Å². The summed E-state index contributed by atoms with van der Waals surface area (Å²) in [5.41, 5.74) is -0.145. The maximum atomic E-state index is 10.7. The molecule has 1 N–H and O–H groups in total. The topological polar surface area (TPSA) is 94.1 Å². The molecule has 8 heteroatoms. The van der Waals surface area contributed by atoms with Gasteiger partial charge in [-0.2, -0.15) is 0 Å². The molecule has 0 fully saturated rings. The number of hydrogen-bond donors (Lipinski definition) is 1. The molecule has 0 atom stereocenters. The van der Waals surface area contributed by atoms with Crippen molar-refractivity contribution in [2.24, 2.45) is 0 Å². The zero-order valence-electron chi connectivity index (χ0n) is 8.46. The fourth-order valence-corrected chi connectivity index (χ4v) is 1.36. The van der Waals surface area contributed by atoms with E-state index in [4.69, 9.17) is 16.1 Å². The van der Waals surface area contributed by atoms with Crippen LogP contribution in [-0.4, -0.2) is 15.1 Å². The molecule has 17 heavy (non-hydrogen) atoms. The van der Waals surface area contributed by atoms with Crippen LogP contribution < -0.4 is 5.32 Å². The van der Waals surface area contributed by atoms with Crippen LogP contribution in [0.3, 0.4) is 0 Å². The Bertz CT molecular complexity index is 529. The van der Waals surface area contributed by atoms with Gasteiger partial charge in [-0.15, -0.1) is 0 Å². The van der Waals surface area contributed by atoms with Crippen LogP contribution in [0.5, 0.6) is 0 Å². The molecule has 0 radical (unpaired) electrons. The quantitative estimate of drug-likeness (QED) is 0.511. The molecule has 0 amide bonds. The molecule has 0 aromatic carbocycles. The summed E-state index contributed by atoms with van der Waals surface area (Å²) in [6, 6.07) is 4.29. The number of rotatable bonds is 4. The minimum absolute atomic E-state index is 0.0962. The van der Waals surface area contributed by atoms with Crippen molar-refractivity contribution < 1.29 is 9.45 Å². The first-order chi connectivity index (χ1) is 8.16. The third-order valence-electron chi connectivity index (χ3n) is 1.96. The maximum absolute atomic E-state index is 10.7. The molecule has 7 nitrogen and oxygen atoms in total. The fourth-order valence-electron chi connectivity index (χ4n) is 1.21. The smallest absolute Gasteiger partial charge is 0.311 e. The molecule has 0 spiro atoms. The van der Waals surface area contributed by atoms with E-state index in [1.165, 1.54) is 18.3 Å². The highest BCUT2D eigenvalue weighted by atomic mass is 35.5. The number of nitro groups is 1. The standard InChI is InChI=1S/C9H7ClN4O3/c10-8-2-1-7(14(15)16)9(13-8)11-5-6-3-4-12-17-6/h1-4H,5H2,(H,11,13). The Hall–Kier alpha value is -2.15. The molecular formula is C9H7ClN4O3. The summed E-state index contributed by atoms with van der Waals surface area (Å²) in [7, 11) is 0. The highest BCUT2D eigenvalue weighted by Crippen LogP contribution is 2.24. The van der Waals surface area contributed by atoms with Gasteiger partial charge in [-0.25, -0.2) is 4.98 Å². The molecule has 2 heterocycles. The van der Waals surface area contributed by atoms with Crippen LogP contribution in [0.1, 0.15) is 5.76 Å².